The number of hydrogen-bond acceptors (Lipinski definition) is 5. The summed E-state index contributed by atoms with van der Waals surface area (Å²) in [6.45, 7) is 1.50. The fourth-order valence-electron chi connectivity index (χ4n) is 2.90. The summed E-state index contributed by atoms with van der Waals surface area (Å²) in [6.07, 6.45) is 0. The minimum Gasteiger partial charge on any atom is -0.497 e. The molecule has 5 nitrogen and oxygen atoms in total. The summed E-state index contributed by atoms with van der Waals surface area (Å²) in [5.41, 5.74) is 0.744. The smallest absolute Gasteiger partial charge is 0.201 e. The number of hydrogen-bond donors (Lipinski definition) is 0. The number of carbonyl (C=O) groups excluding carboxylic acids is 3. The number of rotatable bonds is 4. The van der Waals surface area contributed by atoms with Crippen molar-refractivity contribution in [2.45, 2.75) is 6.92 Å². The lowest BCUT2D eigenvalue weighted by molar-refractivity contribution is 0.0926. The summed E-state index contributed by atoms with van der Waals surface area (Å²) in [7, 11) is 2.91. The van der Waals surface area contributed by atoms with Crippen LogP contribution in [0, 0.1) is 0 Å². The molecule has 1 aliphatic rings. The molecule has 0 aromatic heterocycles. The summed E-state index contributed by atoms with van der Waals surface area (Å²) in [5, 5.41) is 0. The summed E-state index contributed by atoms with van der Waals surface area (Å²) in [5.74, 6) is -0.563. The molecule has 0 saturated heterocycles. The van der Waals surface area contributed by atoms with Gasteiger partial charge in [0.25, 0.3) is 0 Å². The molecule has 0 radical (unpaired) electrons. The molecule has 0 bridgehead atoms. The van der Waals surface area contributed by atoms with E-state index in [4.69, 9.17) is 9.47 Å². The van der Waals surface area contributed by atoms with Crippen molar-refractivity contribution in [2.24, 2.45) is 0 Å². The third kappa shape index (κ3) is 2.63. The number of allylic oxidation sites excluding steroid dienone is 2. The van der Waals surface area contributed by atoms with Crippen molar-refractivity contribution in [1.29, 1.82) is 0 Å². The van der Waals surface area contributed by atoms with Crippen LogP contribution in [0.3, 0.4) is 0 Å². The molecule has 2 aromatic carbocycles. The lowest BCUT2D eigenvalue weighted by Gasteiger charge is -2.19. The van der Waals surface area contributed by atoms with Gasteiger partial charge < -0.3 is 9.47 Å². The largest absolute Gasteiger partial charge is 0.497 e. The average molecular weight is 336 g/mol. The maximum Gasteiger partial charge on any atom is 0.201 e. The Bertz CT molecular complexity index is 937. The van der Waals surface area contributed by atoms with Gasteiger partial charge in [0.15, 0.2) is 11.6 Å². The van der Waals surface area contributed by atoms with Crippen molar-refractivity contribution in [3.63, 3.8) is 0 Å². The van der Waals surface area contributed by atoms with Crippen LogP contribution in [0.2, 0.25) is 0 Å². The topological polar surface area (TPSA) is 69.7 Å². The van der Waals surface area contributed by atoms with E-state index in [0.717, 1.165) is 0 Å². The highest BCUT2D eigenvalue weighted by molar-refractivity contribution is 6.39. The predicted molar refractivity (Wildman–Crippen MR) is 91.7 cm³/mol. The van der Waals surface area contributed by atoms with Crippen molar-refractivity contribution in [3.05, 3.63) is 70.3 Å². The molecule has 3 rings (SSSR count). The second kappa shape index (κ2) is 6.36. The van der Waals surface area contributed by atoms with E-state index < -0.39 is 11.6 Å². The van der Waals surface area contributed by atoms with Gasteiger partial charge in [0, 0.05) is 16.7 Å². The van der Waals surface area contributed by atoms with Crippen LogP contribution in [0.15, 0.2) is 53.6 Å². The lowest BCUT2D eigenvalue weighted by Crippen LogP contribution is -2.25. The zero-order valence-electron chi connectivity index (χ0n) is 14.1. The van der Waals surface area contributed by atoms with Gasteiger partial charge >= 0.3 is 0 Å². The number of fused-ring (bicyclic) bond motifs is 1. The first kappa shape index (κ1) is 16.6. The SMILES string of the molecule is COc1ccc(OC)c(C(=O)C2=C(C)C(=O)c3ccccc3C2=O)c1. The van der Waals surface area contributed by atoms with E-state index >= 15 is 0 Å². The number of ether oxygens (including phenoxy) is 2. The number of methoxy groups -OCH3 is 2. The Kier molecular flexibility index (Phi) is 4.23. The third-order valence-corrected chi connectivity index (χ3v) is 4.24. The van der Waals surface area contributed by atoms with Crippen molar-refractivity contribution in [3.8, 4) is 11.5 Å². The van der Waals surface area contributed by atoms with Crippen molar-refractivity contribution < 1.29 is 23.9 Å². The zero-order chi connectivity index (χ0) is 18.1. The van der Waals surface area contributed by atoms with Gasteiger partial charge in [-0.2, -0.15) is 0 Å². The maximum atomic E-state index is 13.1. The van der Waals surface area contributed by atoms with E-state index in [-0.39, 0.29) is 28.1 Å². The molecule has 0 aliphatic heterocycles. The van der Waals surface area contributed by atoms with Crippen LogP contribution in [0.1, 0.15) is 38.0 Å². The average Bonchev–Trinajstić information content (AvgIpc) is 2.65. The minimum atomic E-state index is -0.555. The van der Waals surface area contributed by atoms with Crippen LogP contribution in [-0.4, -0.2) is 31.6 Å². The van der Waals surface area contributed by atoms with Crippen LogP contribution in [0.25, 0.3) is 0 Å². The minimum absolute atomic E-state index is 0.129. The molecule has 1 aliphatic carbocycles. The monoisotopic (exact) mass is 336 g/mol. The van der Waals surface area contributed by atoms with Crippen LogP contribution in [0.5, 0.6) is 11.5 Å². The van der Waals surface area contributed by atoms with Gasteiger partial charge in [-0.25, -0.2) is 0 Å². The molecule has 0 heterocycles. The van der Waals surface area contributed by atoms with E-state index in [1.165, 1.54) is 27.2 Å². The van der Waals surface area contributed by atoms with Crippen molar-refractivity contribution in [1.82, 2.24) is 0 Å². The summed E-state index contributed by atoms with van der Waals surface area (Å²) in [6, 6.07) is 11.2. The van der Waals surface area contributed by atoms with Gasteiger partial charge in [0.2, 0.25) is 5.78 Å². The number of ketones is 3. The van der Waals surface area contributed by atoms with E-state index in [2.05, 4.69) is 0 Å². The highest BCUT2D eigenvalue weighted by Gasteiger charge is 2.34. The van der Waals surface area contributed by atoms with E-state index in [1.54, 1.807) is 36.4 Å². The van der Waals surface area contributed by atoms with Crippen LogP contribution < -0.4 is 9.47 Å². The molecule has 0 amide bonds. The Hall–Kier alpha value is -3.21. The molecular formula is C20H16O5. The number of Topliss-reactive ketones (excluding diaryl/α,β-unsaturated/α-hetero) is 3. The molecule has 0 atom stereocenters. The molecule has 25 heavy (non-hydrogen) atoms. The Morgan fingerprint density at radius 3 is 2.12 bits per heavy atom. The summed E-state index contributed by atoms with van der Waals surface area (Å²) in [4.78, 5) is 38.5. The van der Waals surface area contributed by atoms with Gasteiger partial charge in [-0.3, -0.25) is 14.4 Å². The molecule has 0 fully saturated rings. The summed E-state index contributed by atoms with van der Waals surface area (Å²) >= 11 is 0. The Labute approximate surface area is 144 Å². The van der Waals surface area contributed by atoms with E-state index in [1.807, 2.05) is 0 Å². The van der Waals surface area contributed by atoms with Crippen LogP contribution >= 0.6 is 0 Å². The fourth-order valence-corrected chi connectivity index (χ4v) is 2.90. The molecule has 0 spiro atoms. The second-order valence-corrected chi connectivity index (χ2v) is 5.60. The van der Waals surface area contributed by atoms with Crippen molar-refractivity contribution >= 4 is 17.3 Å². The fraction of sp³-hybridized carbons (Fsp3) is 0.150. The third-order valence-electron chi connectivity index (χ3n) is 4.24. The molecule has 5 heteroatoms. The molecule has 2 aromatic rings. The first-order chi connectivity index (χ1) is 12.0. The Balaban J connectivity index is 2.16. The van der Waals surface area contributed by atoms with Gasteiger partial charge in [0.05, 0.1) is 25.4 Å². The highest BCUT2D eigenvalue weighted by Crippen LogP contribution is 2.32. The first-order valence-electron chi connectivity index (χ1n) is 7.65. The quantitative estimate of drug-likeness (QED) is 0.633. The van der Waals surface area contributed by atoms with Gasteiger partial charge in [-0.1, -0.05) is 24.3 Å². The normalized spacial score (nSPS) is 13.6. The van der Waals surface area contributed by atoms with E-state index in [9.17, 15) is 14.4 Å². The van der Waals surface area contributed by atoms with E-state index in [0.29, 0.717) is 17.1 Å². The maximum absolute atomic E-state index is 13.1. The molecule has 0 unspecified atom stereocenters. The Morgan fingerprint density at radius 2 is 1.52 bits per heavy atom. The zero-order valence-corrected chi connectivity index (χ0v) is 14.1. The molecule has 126 valence electrons. The van der Waals surface area contributed by atoms with Crippen LogP contribution in [0.4, 0.5) is 0 Å². The highest BCUT2D eigenvalue weighted by atomic mass is 16.5. The Morgan fingerprint density at radius 1 is 0.880 bits per heavy atom. The number of benzene rings is 2. The molecule has 0 saturated carbocycles. The van der Waals surface area contributed by atoms with Gasteiger partial charge in [-0.15, -0.1) is 0 Å². The number of carbonyl (C=O) groups is 3. The second-order valence-electron chi connectivity index (χ2n) is 5.60. The van der Waals surface area contributed by atoms with Gasteiger partial charge in [0.1, 0.15) is 11.5 Å². The van der Waals surface area contributed by atoms with Gasteiger partial charge in [-0.05, 0) is 25.1 Å². The standard InChI is InChI=1S/C20H16O5/c1-11-17(19(22)14-7-5-4-6-13(14)18(11)21)20(23)15-10-12(24-2)8-9-16(15)25-3/h4-10H,1-3H3. The molecule has 0 N–H and O–H groups in total. The van der Waals surface area contributed by atoms with Crippen molar-refractivity contribution in [2.75, 3.05) is 14.2 Å². The lowest BCUT2D eigenvalue weighted by atomic mass is 9.81. The summed E-state index contributed by atoms with van der Waals surface area (Å²) < 4.78 is 10.4. The van der Waals surface area contributed by atoms with Crippen LogP contribution in [-0.2, 0) is 0 Å². The predicted octanol–water partition coefficient (Wildman–Crippen LogP) is 3.28. The first-order valence-corrected chi connectivity index (χ1v) is 7.65. The molecular weight excluding hydrogens is 320 g/mol.